The molecule has 0 aromatic rings. The molecular weight excluding hydrogens is 432 g/mol. The first kappa shape index (κ1) is 27.3. The van der Waals surface area contributed by atoms with Crippen LogP contribution in [0.2, 0.25) is 0 Å². The zero-order valence-corrected chi connectivity index (χ0v) is 19.9. The highest BCUT2D eigenvalue weighted by molar-refractivity contribution is 5.75. The monoisotopic (exact) mass is 468 g/mol. The van der Waals surface area contributed by atoms with E-state index in [2.05, 4.69) is 0 Å². The summed E-state index contributed by atoms with van der Waals surface area (Å²) in [6.07, 6.45) is -7.62. The second-order valence-electron chi connectivity index (χ2n) is 7.28. The maximum absolute atomic E-state index is 12.4. The van der Waals surface area contributed by atoms with Crippen LogP contribution in [0.1, 0.15) is 0 Å². The van der Waals surface area contributed by atoms with Gasteiger partial charge >= 0.3 is 5.97 Å². The van der Waals surface area contributed by atoms with Gasteiger partial charge in [0.2, 0.25) is 0 Å². The molecule has 2 aliphatic heterocycles. The number of hydrogen-bond acceptors (Lipinski definition) is 12. The zero-order valence-electron chi connectivity index (χ0n) is 19.9. The van der Waals surface area contributed by atoms with E-state index in [-0.39, 0.29) is 6.61 Å². The molecule has 5 unspecified atom stereocenters. The van der Waals surface area contributed by atoms with Crippen molar-refractivity contribution in [3.05, 3.63) is 0 Å². The molecule has 0 N–H and O–H groups in total. The first-order valence-corrected chi connectivity index (χ1v) is 10.2. The van der Waals surface area contributed by atoms with Crippen molar-refractivity contribution in [2.24, 2.45) is 0 Å². The van der Waals surface area contributed by atoms with Gasteiger partial charge in [0.15, 0.2) is 18.7 Å². The summed E-state index contributed by atoms with van der Waals surface area (Å²) in [5.41, 5.74) is 0. The summed E-state index contributed by atoms with van der Waals surface area (Å²) in [6, 6.07) is 0. The minimum atomic E-state index is -1.11. The number of hydrogen-bond donors (Lipinski definition) is 0. The first-order valence-electron chi connectivity index (χ1n) is 10.2. The fourth-order valence-corrected chi connectivity index (χ4v) is 4.20. The van der Waals surface area contributed by atoms with Crippen molar-refractivity contribution < 1.29 is 56.9 Å². The van der Waals surface area contributed by atoms with E-state index in [4.69, 9.17) is 52.1 Å². The quantitative estimate of drug-likeness (QED) is 0.359. The predicted molar refractivity (Wildman–Crippen MR) is 107 cm³/mol. The maximum Gasteiger partial charge on any atom is 0.337 e. The Morgan fingerprint density at radius 1 is 0.625 bits per heavy atom. The average Bonchev–Trinajstić information content (AvgIpc) is 2.82. The molecular formula is C20H36O12. The molecule has 2 fully saturated rings. The molecule has 0 bridgehead atoms. The summed E-state index contributed by atoms with van der Waals surface area (Å²) in [4.78, 5) is 12.4. The molecule has 0 amide bonds. The first-order chi connectivity index (χ1) is 15.4. The van der Waals surface area contributed by atoms with Crippen molar-refractivity contribution in [3.8, 4) is 0 Å². The smallest absolute Gasteiger partial charge is 0.337 e. The molecule has 0 aromatic carbocycles. The summed E-state index contributed by atoms with van der Waals surface area (Å²) < 4.78 is 61.9. The van der Waals surface area contributed by atoms with Crippen molar-refractivity contribution in [2.75, 3.05) is 63.5 Å². The molecule has 0 saturated carbocycles. The zero-order chi connectivity index (χ0) is 23.8. The Balaban J connectivity index is 2.38. The molecule has 2 aliphatic rings. The van der Waals surface area contributed by atoms with Crippen LogP contribution in [0.4, 0.5) is 0 Å². The number of rotatable bonds is 11. The molecule has 12 heteroatoms. The summed E-state index contributed by atoms with van der Waals surface area (Å²) in [6.45, 7) is 0.181. The van der Waals surface area contributed by atoms with E-state index in [1.54, 1.807) is 7.11 Å². The Morgan fingerprint density at radius 2 is 1.16 bits per heavy atom. The average molecular weight is 468 g/mol. The van der Waals surface area contributed by atoms with Gasteiger partial charge in [0.25, 0.3) is 0 Å². The lowest BCUT2D eigenvalue weighted by molar-refractivity contribution is -0.361. The third kappa shape index (κ3) is 5.58. The van der Waals surface area contributed by atoms with E-state index in [0.717, 1.165) is 0 Å². The summed E-state index contributed by atoms with van der Waals surface area (Å²) in [5.74, 6) is -0.632. The lowest BCUT2D eigenvalue weighted by Crippen LogP contribution is -2.66. The number of esters is 1. The molecule has 2 heterocycles. The van der Waals surface area contributed by atoms with E-state index in [1.807, 2.05) is 0 Å². The third-order valence-corrected chi connectivity index (χ3v) is 5.73. The lowest BCUT2D eigenvalue weighted by Gasteiger charge is -2.48. The SMILES string of the molecule is COCC1OC(OC)C(OC)C(OC)C1O[C@H]1O[C@@H](C(=O)OC)[C@@H](OC)[C@H](OC)[C@@H]1OC. The molecule has 2 saturated heterocycles. The van der Waals surface area contributed by atoms with Crippen LogP contribution in [0.3, 0.4) is 0 Å². The van der Waals surface area contributed by atoms with Crippen LogP contribution in [0.25, 0.3) is 0 Å². The molecule has 0 radical (unpaired) electrons. The van der Waals surface area contributed by atoms with Gasteiger partial charge in [-0.25, -0.2) is 4.79 Å². The van der Waals surface area contributed by atoms with Gasteiger partial charge < -0.3 is 52.1 Å². The molecule has 10 atom stereocenters. The number of carbonyl (C=O) groups is 1. The summed E-state index contributed by atoms with van der Waals surface area (Å²) in [7, 11) is 11.8. The van der Waals surface area contributed by atoms with Gasteiger partial charge in [0, 0.05) is 49.8 Å². The van der Waals surface area contributed by atoms with E-state index < -0.39 is 67.4 Å². The number of carbonyl (C=O) groups excluding carboxylic acids is 1. The molecule has 0 aliphatic carbocycles. The van der Waals surface area contributed by atoms with Gasteiger partial charge in [0.05, 0.1) is 13.7 Å². The van der Waals surface area contributed by atoms with Crippen LogP contribution in [0, 0.1) is 0 Å². The third-order valence-electron chi connectivity index (χ3n) is 5.73. The van der Waals surface area contributed by atoms with Crippen LogP contribution >= 0.6 is 0 Å². The Bertz CT molecular complexity index is 563. The molecule has 2 rings (SSSR count). The van der Waals surface area contributed by atoms with Gasteiger partial charge in [-0.05, 0) is 0 Å². The van der Waals surface area contributed by atoms with E-state index in [9.17, 15) is 4.79 Å². The minimum absolute atomic E-state index is 0.181. The highest BCUT2D eigenvalue weighted by Gasteiger charge is 2.54. The van der Waals surface area contributed by atoms with Crippen molar-refractivity contribution in [1.82, 2.24) is 0 Å². The fraction of sp³-hybridized carbons (Fsp3) is 0.950. The van der Waals surface area contributed by atoms with Gasteiger partial charge in [0.1, 0.15) is 42.7 Å². The molecule has 188 valence electrons. The molecule has 0 aromatic heterocycles. The number of methoxy groups -OCH3 is 8. The topological polar surface area (TPSA) is 119 Å². The Morgan fingerprint density at radius 3 is 1.62 bits per heavy atom. The number of ether oxygens (including phenoxy) is 11. The summed E-state index contributed by atoms with van der Waals surface area (Å²) >= 11 is 0. The van der Waals surface area contributed by atoms with Gasteiger partial charge in [-0.3, -0.25) is 0 Å². The highest BCUT2D eigenvalue weighted by atomic mass is 16.8. The predicted octanol–water partition coefficient (Wildman–Crippen LogP) is -0.638. The van der Waals surface area contributed by atoms with E-state index >= 15 is 0 Å². The van der Waals surface area contributed by atoms with Crippen LogP contribution < -0.4 is 0 Å². The van der Waals surface area contributed by atoms with Crippen LogP contribution in [-0.4, -0.2) is 131 Å². The Labute approximate surface area is 188 Å². The van der Waals surface area contributed by atoms with E-state index in [0.29, 0.717) is 0 Å². The van der Waals surface area contributed by atoms with Crippen molar-refractivity contribution in [1.29, 1.82) is 0 Å². The maximum atomic E-state index is 12.4. The van der Waals surface area contributed by atoms with Crippen molar-refractivity contribution >= 4 is 5.97 Å². The van der Waals surface area contributed by atoms with Gasteiger partial charge in [-0.15, -0.1) is 0 Å². The molecule has 0 spiro atoms. The lowest BCUT2D eigenvalue weighted by atomic mass is 9.96. The van der Waals surface area contributed by atoms with Crippen molar-refractivity contribution in [2.45, 2.75) is 61.4 Å². The normalized spacial score (nSPS) is 40.2. The van der Waals surface area contributed by atoms with Crippen LogP contribution in [0.15, 0.2) is 0 Å². The highest BCUT2D eigenvalue weighted by Crippen LogP contribution is 2.34. The van der Waals surface area contributed by atoms with Crippen molar-refractivity contribution in [3.63, 3.8) is 0 Å². The summed E-state index contributed by atoms with van der Waals surface area (Å²) in [5, 5.41) is 0. The standard InChI is InChI=1S/C20H36O12/c1-22-9-10-11(12(23-2)16(26-5)19(29-8)30-10)31-20-17(27-6)14(25-4)13(24-3)15(32-20)18(21)28-7/h10-17,19-20H,9H2,1-8H3/t10?,11?,12?,13-,14-,15+,16?,17-,19?,20-/m0/s1. The second-order valence-corrected chi connectivity index (χ2v) is 7.28. The van der Waals surface area contributed by atoms with Crippen LogP contribution in [-0.2, 0) is 56.9 Å². The van der Waals surface area contributed by atoms with Gasteiger partial charge in [-0.1, -0.05) is 0 Å². The van der Waals surface area contributed by atoms with Crippen LogP contribution in [0.5, 0.6) is 0 Å². The minimum Gasteiger partial charge on any atom is -0.467 e. The second kappa shape index (κ2) is 13.1. The molecule has 12 nitrogen and oxygen atoms in total. The van der Waals surface area contributed by atoms with E-state index in [1.165, 1.54) is 49.8 Å². The van der Waals surface area contributed by atoms with Gasteiger partial charge in [-0.2, -0.15) is 0 Å². The largest absolute Gasteiger partial charge is 0.467 e. The Hall–Kier alpha value is -0.930. The Kier molecular flexibility index (Phi) is 11.2. The molecule has 32 heavy (non-hydrogen) atoms. The fourth-order valence-electron chi connectivity index (χ4n) is 4.20.